The van der Waals surface area contributed by atoms with Crippen LogP contribution in [0.25, 0.3) is 0 Å². The van der Waals surface area contributed by atoms with Crippen LogP contribution in [-0.4, -0.2) is 23.0 Å². The summed E-state index contributed by atoms with van der Waals surface area (Å²) >= 11 is 0. The number of aromatic carboxylic acids is 1. The number of carbonyl (C=O) groups excluding carboxylic acids is 1. The lowest BCUT2D eigenvalue weighted by atomic mass is 9.94. The third-order valence-corrected chi connectivity index (χ3v) is 4.52. The summed E-state index contributed by atoms with van der Waals surface area (Å²) in [6.45, 7) is 0. The second kappa shape index (κ2) is 6.83. The molecule has 0 aromatic heterocycles. The molecule has 1 aliphatic carbocycles. The summed E-state index contributed by atoms with van der Waals surface area (Å²) in [7, 11) is 0. The molecule has 2 aromatic rings. The zero-order valence-electron chi connectivity index (χ0n) is 13.0. The first-order chi connectivity index (χ1) is 11.6. The van der Waals surface area contributed by atoms with E-state index in [-0.39, 0.29) is 23.1 Å². The van der Waals surface area contributed by atoms with Crippen molar-refractivity contribution in [1.82, 2.24) is 5.32 Å². The summed E-state index contributed by atoms with van der Waals surface area (Å²) in [4.78, 5) is 23.2. The molecule has 0 heterocycles. The molecule has 1 amide bonds. The molecule has 5 heteroatoms. The Morgan fingerprint density at radius 1 is 1.08 bits per heavy atom. The molecular weight excluding hydrogens is 309 g/mol. The van der Waals surface area contributed by atoms with Gasteiger partial charge < -0.3 is 10.4 Å². The van der Waals surface area contributed by atoms with Crippen LogP contribution in [0.2, 0.25) is 0 Å². The van der Waals surface area contributed by atoms with Crippen molar-refractivity contribution in [2.45, 2.75) is 31.2 Å². The number of hydrogen-bond donors (Lipinski definition) is 2. The Labute approximate surface area is 139 Å². The largest absolute Gasteiger partial charge is 0.478 e. The molecule has 0 saturated heterocycles. The third kappa shape index (κ3) is 3.30. The van der Waals surface area contributed by atoms with Crippen molar-refractivity contribution in [3.63, 3.8) is 0 Å². The number of carboxylic acid groups (broad SMARTS) is 1. The lowest BCUT2D eigenvalue weighted by Gasteiger charge is -2.21. The summed E-state index contributed by atoms with van der Waals surface area (Å²) in [6.07, 6.45) is 2.83. The van der Waals surface area contributed by atoms with E-state index in [1.165, 1.54) is 17.7 Å². The third-order valence-electron chi connectivity index (χ3n) is 4.52. The second-order valence-electron chi connectivity index (χ2n) is 6.03. The van der Waals surface area contributed by atoms with Crippen LogP contribution in [0.1, 0.15) is 51.5 Å². The zero-order chi connectivity index (χ0) is 17.1. The lowest BCUT2D eigenvalue weighted by Crippen LogP contribution is -2.36. The number of hydrogen-bond acceptors (Lipinski definition) is 2. The smallest absolute Gasteiger partial charge is 0.335 e. The quantitative estimate of drug-likeness (QED) is 0.902. The molecule has 1 saturated carbocycles. The number of halogens is 1. The highest BCUT2D eigenvalue weighted by atomic mass is 19.1. The predicted molar refractivity (Wildman–Crippen MR) is 87.6 cm³/mol. The van der Waals surface area contributed by atoms with Crippen LogP contribution < -0.4 is 5.32 Å². The van der Waals surface area contributed by atoms with Gasteiger partial charge in [0.05, 0.1) is 11.1 Å². The highest BCUT2D eigenvalue weighted by Crippen LogP contribution is 2.34. The Balaban J connectivity index is 1.76. The Morgan fingerprint density at radius 2 is 1.83 bits per heavy atom. The molecule has 3 rings (SSSR count). The molecule has 0 aliphatic heterocycles. The van der Waals surface area contributed by atoms with Crippen LogP contribution in [-0.2, 0) is 0 Å². The van der Waals surface area contributed by atoms with E-state index in [0.717, 1.165) is 25.3 Å². The summed E-state index contributed by atoms with van der Waals surface area (Å²) < 4.78 is 14.0. The number of carboxylic acids is 1. The van der Waals surface area contributed by atoms with E-state index in [1.54, 1.807) is 0 Å². The Hall–Kier alpha value is -2.69. The van der Waals surface area contributed by atoms with E-state index >= 15 is 0 Å². The van der Waals surface area contributed by atoms with Gasteiger partial charge in [0.15, 0.2) is 0 Å². The van der Waals surface area contributed by atoms with E-state index in [9.17, 15) is 14.0 Å². The van der Waals surface area contributed by atoms with Crippen LogP contribution >= 0.6 is 0 Å². The molecule has 0 bridgehead atoms. The molecular formula is C19H18FNO3. The van der Waals surface area contributed by atoms with Gasteiger partial charge in [-0.05, 0) is 36.6 Å². The van der Waals surface area contributed by atoms with Gasteiger partial charge in [0.25, 0.3) is 5.91 Å². The summed E-state index contributed by atoms with van der Waals surface area (Å²) in [5.41, 5.74) is 0.868. The Morgan fingerprint density at radius 3 is 2.50 bits per heavy atom. The first kappa shape index (κ1) is 16.2. The molecule has 2 N–H and O–H groups in total. The van der Waals surface area contributed by atoms with Crippen molar-refractivity contribution >= 4 is 11.9 Å². The van der Waals surface area contributed by atoms with Crippen LogP contribution in [0.3, 0.4) is 0 Å². The molecule has 24 heavy (non-hydrogen) atoms. The molecule has 2 atom stereocenters. The average Bonchev–Trinajstić information content (AvgIpc) is 3.03. The van der Waals surface area contributed by atoms with Gasteiger partial charge in [-0.15, -0.1) is 0 Å². The summed E-state index contributed by atoms with van der Waals surface area (Å²) in [6, 6.07) is 13.3. The van der Waals surface area contributed by atoms with Crippen LogP contribution in [0.5, 0.6) is 0 Å². The van der Waals surface area contributed by atoms with Gasteiger partial charge in [0, 0.05) is 12.0 Å². The van der Waals surface area contributed by atoms with E-state index < -0.39 is 17.7 Å². The minimum Gasteiger partial charge on any atom is -0.478 e. The molecule has 2 aromatic carbocycles. The molecule has 0 spiro atoms. The fraction of sp³-hybridized carbons (Fsp3) is 0.263. The maximum atomic E-state index is 14.0. The van der Waals surface area contributed by atoms with Gasteiger partial charge in [0.2, 0.25) is 0 Å². The molecule has 1 fully saturated rings. The average molecular weight is 327 g/mol. The molecule has 0 radical (unpaired) electrons. The maximum absolute atomic E-state index is 14.0. The number of carbonyl (C=O) groups is 2. The minimum atomic E-state index is -1.22. The first-order valence-electron chi connectivity index (χ1n) is 7.95. The van der Waals surface area contributed by atoms with E-state index in [2.05, 4.69) is 5.32 Å². The first-order valence-corrected chi connectivity index (χ1v) is 7.95. The van der Waals surface area contributed by atoms with Crippen molar-refractivity contribution < 1.29 is 19.1 Å². The van der Waals surface area contributed by atoms with Crippen molar-refractivity contribution in [3.8, 4) is 0 Å². The number of benzene rings is 2. The second-order valence-corrected chi connectivity index (χ2v) is 6.03. The predicted octanol–water partition coefficient (Wildman–Crippen LogP) is 3.59. The summed E-state index contributed by atoms with van der Waals surface area (Å²) in [5.74, 6) is -2.32. The fourth-order valence-corrected chi connectivity index (χ4v) is 3.31. The lowest BCUT2D eigenvalue weighted by molar-refractivity contribution is 0.0695. The summed E-state index contributed by atoms with van der Waals surface area (Å²) in [5, 5.41) is 11.8. The minimum absolute atomic E-state index is 0.0431. The number of amides is 1. The highest BCUT2D eigenvalue weighted by Gasteiger charge is 2.30. The zero-order valence-corrected chi connectivity index (χ0v) is 13.0. The van der Waals surface area contributed by atoms with Crippen molar-refractivity contribution in [2.75, 3.05) is 0 Å². The fourth-order valence-electron chi connectivity index (χ4n) is 3.31. The van der Waals surface area contributed by atoms with E-state index in [4.69, 9.17) is 5.11 Å². The molecule has 4 nitrogen and oxygen atoms in total. The van der Waals surface area contributed by atoms with Gasteiger partial charge in [-0.2, -0.15) is 0 Å². The number of nitrogens with one attached hydrogen (secondary N) is 1. The Kier molecular flexibility index (Phi) is 4.60. The van der Waals surface area contributed by atoms with Gasteiger partial charge in [-0.1, -0.05) is 36.8 Å². The molecule has 1 aliphatic rings. The Bertz CT molecular complexity index is 760. The van der Waals surface area contributed by atoms with Crippen molar-refractivity contribution in [1.29, 1.82) is 0 Å². The van der Waals surface area contributed by atoms with Crippen molar-refractivity contribution in [2.24, 2.45) is 0 Å². The SMILES string of the molecule is O=C(O)c1ccc(C(=O)N[C@@H]2CCC[C@H]2c2ccccc2)c(F)c1. The van der Waals surface area contributed by atoms with Gasteiger partial charge in [0.1, 0.15) is 5.82 Å². The van der Waals surface area contributed by atoms with Gasteiger partial charge in [-0.25, -0.2) is 9.18 Å². The van der Waals surface area contributed by atoms with Crippen molar-refractivity contribution in [3.05, 3.63) is 71.0 Å². The van der Waals surface area contributed by atoms with Gasteiger partial charge in [-0.3, -0.25) is 4.79 Å². The van der Waals surface area contributed by atoms with Crippen LogP contribution in [0.4, 0.5) is 4.39 Å². The number of rotatable bonds is 4. The monoisotopic (exact) mass is 327 g/mol. The highest BCUT2D eigenvalue weighted by molar-refractivity contribution is 5.96. The van der Waals surface area contributed by atoms with E-state index in [1.807, 2.05) is 30.3 Å². The topological polar surface area (TPSA) is 66.4 Å². The van der Waals surface area contributed by atoms with Crippen LogP contribution in [0, 0.1) is 5.82 Å². The molecule has 0 unspecified atom stereocenters. The molecule has 124 valence electrons. The van der Waals surface area contributed by atoms with Gasteiger partial charge >= 0.3 is 5.97 Å². The van der Waals surface area contributed by atoms with E-state index in [0.29, 0.717) is 0 Å². The standard InChI is InChI=1S/C19H18FNO3/c20-16-11-13(19(23)24)9-10-15(16)18(22)21-17-8-4-7-14(17)12-5-2-1-3-6-12/h1-3,5-6,9-11,14,17H,4,7-8H2,(H,21,22)(H,23,24)/t14-,17+/m0/s1. The maximum Gasteiger partial charge on any atom is 0.335 e. The normalized spacial score (nSPS) is 19.9. The van der Waals surface area contributed by atoms with Crippen LogP contribution in [0.15, 0.2) is 48.5 Å².